The van der Waals surface area contributed by atoms with Crippen molar-refractivity contribution < 1.29 is 26.4 Å². The van der Waals surface area contributed by atoms with Crippen molar-refractivity contribution in [1.29, 1.82) is 0 Å². The Kier molecular flexibility index (Phi) is 6.74. The predicted molar refractivity (Wildman–Crippen MR) is 101 cm³/mol. The van der Waals surface area contributed by atoms with Crippen molar-refractivity contribution in [2.75, 3.05) is 19.4 Å². The molecule has 1 N–H and O–H groups in total. The van der Waals surface area contributed by atoms with Gasteiger partial charge in [0.2, 0.25) is 15.9 Å². The van der Waals surface area contributed by atoms with Crippen molar-refractivity contribution >= 4 is 33.2 Å². The average molecular weight is 435 g/mol. The molecule has 0 aromatic heterocycles. The molecule has 1 amide bonds. The van der Waals surface area contributed by atoms with E-state index in [1.54, 1.807) is 12.1 Å². The van der Waals surface area contributed by atoms with Crippen LogP contribution in [0.3, 0.4) is 0 Å². The molecule has 0 aliphatic carbocycles. The second-order valence-corrected chi connectivity index (χ2v) is 8.73. The van der Waals surface area contributed by atoms with E-state index in [0.717, 1.165) is 22.0 Å². The van der Waals surface area contributed by atoms with E-state index in [-0.39, 0.29) is 17.0 Å². The molecule has 5 nitrogen and oxygen atoms in total. The summed E-state index contributed by atoms with van der Waals surface area (Å²) in [6, 6.07) is 9.21. The van der Waals surface area contributed by atoms with Gasteiger partial charge in [-0.05, 0) is 42.3 Å². The van der Waals surface area contributed by atoms with Crippen LogP contribution in [0, 0.1) is 0 Å². The van der Waals surface area contributed by atoms with Gasteiger partial charge in [-0.1, -0.05) is 23.7 Å². The second kappa shape index (κ2) is 8.50. The molecule has 0 spiro atoms. The Morgan fingerprint density at radius 3 is 2.25 bits per heavy atom. The summed E-state index contributed by atoms with van der Waals surface area (Å²) in [6.45, 7) is 0. The molecule has 2 rings (SSSR count). The van der Waals surface area contributed by atoms with E-state index >= 15 is 0 Å². The lowest BCUT2D eigenvalue weighted by Crippen LogP contribution is -2.22. The number of rotatable bonds is 6. The Labute approximate surface area is 166 Å². The van der Waals surface area contributed by atoms with Crippen LogP contribution in [0.5, 0.6) is 0 Å². The van der Waals surface area contributed by atoms with E-state index in [2.05, 4.69) is 5.32 Å². The van der Waals surface area contributed by atoms with Gasteiger partial charge in [0.25, 0.3) is 0 Å². The monoisotopic (exact) mass is 434 g/mol. The minimum Gasteiger partial charge on any atom is -0.326 e. The number of nitrogens with zero attached hydrogens (tertiary/aromatic N) is 1. The van der Waals surface area contributed by atoms with E-state index in [1.165, 1.54) is 32.3 Å². The van der Waals surface area contributed by atoms with Crippen LogP contribution >= 0.6 is 11.6 Å². The Balaban J connectivity index is 2.00. The molecular weight excluding hydrogens is 417 g/mol. The molecule has 0 heterocycles. The quantitative estimate of drug-likeness (QED) is 0.741. The number of alkyl halides is 3. The minimum atomic E-state index is -4.62. The fourth-order valence-corrected chi connectivity index (χ4v) is 3.47. The Hall–Kier alpha value is -2.10. The number of aryl methyl sites for hydroxylation is 1. The molecule has 2 aromatic carbocycles. The molecule has 0 atom stereocenters. The predicted octanol–water partition coefficient (Wildman–Crippen LogP) is 4.18. The van der Waals surface area contributed by atoms with Crippen LogP contribution in [0.1, 0.15) is 17.5 Å². The van der Waals surface area contributed by atoms with Gasteiger partial charge in [-0.3, -0.25) is 4.79 Å². The Morgan fingerprint density at radius 2 is 1.71 bits per heavy atom. The fourth-order valence-electron chi connectivity index (χ4n) is 2.34. The molecule has 0 unspecified atom stereocenters. The summed E-state index contributed by atoms with van der Waals surface area (Å²) < 4.78 is 63.7. The van der Waals surface area contributed by atoms with Crippen molar-refractivity contribution in [1.82, 2.24) is 4.31 Å². The van der Waals surface area contributed by atoms with Gasteiger partial charge in [0.1, 0.15) is 0 Å². The number of hydrogen-bond donors (Lipinski definition) is 1. The standard InChI is InChI=1S/C18H18ClF3N2O3S/c1-24(2)28(26,27)14-7-3-12(4-8-14)5-10-17(25)23-13-6-9-16(19)15(11-13)18(20,21)22/h3-4,6-9,11H,5,10H2,1-2H3,(H,23,25). The first kappa shape index (κ1) is 22.2. The zero-order valence-electron chi connectivity index (χ0n) is 15.0. The van der Waals surface area contributed by atoms with Crippen molar-refractivity contribution in [3.05, 3.63) is 58.6 Å². The number of nitrogens with one attached hydrogen (secondary N) is 1. The summed E-state index contributed by atoms with van der Waals surface area (Å²) >= 11 is 5.54. The molecule has 10 heteroatoms. The molecular formula is C18H18ClF3N2O3S. The highest BCUT2D eigenvalue weighted by Crippen LogP contribution is 2.36. The SMILES string of the molecule is CN(C)S(=O)(=O)c1ccc(CCC(=O)Nc2ccc(Cl)c(C(F)(F)F)c2)cc1. The van der Waals surface area contributed by atoms with Gasteiger partial charge in [0, 0.05) is 26.2 Å². The lowest BCUT2D eigenvalue weighted by Gasteiger charge is -2.12. The summed E-state index contributed by atoms with van der Waals surface area (Å²) in [5.74, 6) is -0.472. The van der Waals surface area contributed by atoms with Crippen molar-refractivity contribution in [2.45, 2.75) is 23.9 Å². The molecule has 0 radical (unpaired) electrons. The first-order valence-corrected chi connectivity index (χ1v) is 9.91. The van der Waals surface area contributed by atoms with Crippen LogP contribution in [0.15, 0.2) is 47.4 Å². The molecule has 0 saturated carbocycles. The number of hydrogen-bond acceptors (Lipinski definition) is 3. The third kappa shape index (κ3) is 5.46. The molecule has 152 valence electrons. The lowest BCUT2D eigenvalue weighted by atomic mass is 10.1. The molecule has 0 aliphatic rings. The summed E-state index contributed by atoms with van der Waals surface area (Å²) in [4.78, 5) is 12.2. The average Bonchev–Trinajstić information content (AvgIpc) is 2.61. The van der Waals surface area contributed by atoms with Gasteiger partial charge in [0.15, 0.2) is 0 Å². The van der Waals surface area contributed by atoms with Gasteiger partial charge in [-0.25, -0.2) is 12.7 Å². The molecule has 2 aromatic rings. The first-order valence-electron chi connectivity index (χ1n) is 8.09. The number of sulfonamides is 1. The van der Waals surface area contributed by atoms with E-state index < -0.39 is 32.7 Å². The molecule has 0 aliphatic heterocycles. The zero-order chi connectivity index (χ0) is 21.1. The Bertz CT molecular complexity index is 959. The number of amides is 1. The molecule has 0 bridgehead atoms. The third-order valence-electron chi connectivity index (χ3n) is 3.90. The van der Waals surface area contributed by atoms with Crippen LogP contribution in [0.2, 0.25) is 5.02 Å². The van der Waals surface area contributed by atoms with Crippen molar-refractivity contribution in [2.24, 2.45) is 0 Å². The minimum absolute atomic E-state index is 0.00542. The molecule has 0 fully saturated rings. The molecule has 28 heavy (non-hydrogen) atoms. The number of halogens is 4. The summed E-state index contributed by atoms with van der Waals surface area (Å²) in [6.07, 6.45) is -4.30. The highest BCUT2D eigenvalue weighted by Gasteiger charge is 2.33. The lowest BCUT2D eigenvalue weighted by molar-refractivity contribution is -0.137. The van der Waals surface area contributed by atoms with Crippen LogP contribution in [-0.2, 0) is 27.4 Å². The van der Waals surface area contributed by atoms with Crippen LogP contribution in [0.25, 0.3) is 0 Å². The van der Waals surface area contributed by atoms with Gasteiger partial charge in [-0.2, -0.15) is 13.2 Å². The molecule has 0 saturated heterocycles. The maximum Gasteiger partial charge on any atom is 0.417 e. The van der Waals surface area contributed by atoms with Crippen molar-refractivity contribution in [3.63, 3.8) is 0 Å². The van der Waals surface area contributed by atoms with Gasteiger partial charge in [-0.15, -0.1) is 0 Å². The van der Waals surface area contributed by atoms with Gasteiger partial charge >= 0.3 is 6.18 Å². The third-order valence-corrected chi connectivity index (χ3v) is 6.06. The van der Waals surface area contributed by atoms with E-state index in [4.69, 9.17) is 11.6 Å². The number of benzene rings is 2. The smallest absolute Gasteiger partial charge is 0.326 e. The highest BCUT2D eigenvalue weighted by molar-refractivity contribution is 7.89. The Morgan fingerprint density at radius 1 is 1.11 bits per heavy atom. The second-order valence-electron chi connectivity index (χ2n) is 6.17. The van der Waals surface area contributed by atoms with Gasteiger partial charge in [0.05, 0.1) is 15.5 Å². The normalized spacial score (nSPS) is 12.2. The summed E-state index contributed by atoms with van der Waals surface area (Å²) in [5.41, 5.74) is -0.307. The largest absolute Gasteiger partial charge is 0.417 e. The van der Waals surface area contributed by atoms with E-state index in [0.29, 0.717) is 6.42 Å². The van der Waals surface area contributed by atoms with Crippen molar-refractivity contribution in [3.8, 4) is 0 Å². The maximum absolute atomic E-state index is 12.9. The number of carbonyl (C=O) groups excluding carboxylic acids is 1. The van der Waals surface area contributed by atoms with Gasteiger partial charge < -0.3 is 5.32 Å². The van der Waals surface area contributed by atoms with E-state index in [9.17, 15) is 26.4 Å². The zero-order valence-corrected chi connectivity index (χ0v) is 16.6. The number of carbonyl (C=O) groups is 1. The summed E-state index contributed by atoms with van der Waals surface area (Å²) in [5, 5.41) is 1.96. The highest BCUT2D eigenvalue weighted by atomic mass is 35.5. The fraction of sp³-hybridized carbons (Fsp3) is 0.278. The first-order chi connectivity index (χ1) is 12.9. The number of anilines is 1. The van der Waals surface area contributed by atoms with Crippen LogP contribution < -0.4 is 5.32 Å². The van der Waals surface area contributed by atoms with E-state index in [1.807, 2.05) is 0 Å². The van der Waals surface area contributed by atoms with Crippen LogP contribution in [0.4, 0.5) is 18.9 Å². The maximum atomic E-state index is 12.9. The summed E-state index contributed by atoms with van der Waals surface area (Å²) in [7, 11) is -0.684. The van der Waals surface area contributed by atoms with Crippen LogP contribution in [-0.4, -0.2) is 32.7 Å². The topological polar surface area (TPSA) is 66.5 Å².